The summed E-state index contributed by atoms with van der Waals surface area (Å²) < 4.78 is 24.4. The van der Waals surface area contributed by atoms with Crippen molar-refractivity contribution in [3.63, 3.8) is 0 Å². The first-order valence-corrected chi connectivity index (χ1v) is 6.25. The molecule has 0 atom stereocenters. The highest BCUT2D eigenvalue weighted by molar-refractivity contribution is 9.10. The number of aryl methyl sites for hydroxylation is 1. The van der Waals surface area contributed by atoms with Crippen molar-refractivity contribution in [2.75, 3.05) is 0 Å². The largest absolute Gasteiger partial charge is 0.489 e. The number of rotatable bonds is 4. The van der Waals surface area contributed by atoms with E-state index in [4.69, 9.17) is 14.9 Å². The van der Waals surface area contributed by atoms with E-state index in [1.165, 1.54) is 6.07 Å². The van der Waals surface area contributed by atoms with Crippen LogP contribution >= 0.6 is 15.9 Å². The Morgan fingerprint density at radius 1 is 1.39 bits per heavy atom. The van der Waals surface area contributed by atoms with Crippen LogP contribution in [0.4, 0.5) is 4.39 Å². The molecule has 1 heterocycles. The van der Waals surface area contributed by atoms with Crippen LogP contribution < -0.4 is 10.5 Å². The second kappa shape index (κ2) is 5.54. The van der Waals surface area contributed by atoms with Gasteiger partial charge in [-0.1, -0.05) is 0 Å². The maximum Gasteiger partial charge on any atom is 0.137 e. The van der Waals surface area contributed by atoms with Gasteiger partial charge < -0.3 is 14.9 Å². The summed E-state index contributed by atoms with van der Waals surface area (Å²) >= 11 is 3.11. The van der Waals surface area contributed by atoms with E-state index in [2.05, 4.69) is 15.9 Å². The molecule has 18 heavy (non-hydrogen) atoms. The topological polar surface area (TPSA) is 48.4 Å². The van der Waals surface area contributed by atoms with Crippen molar-refractivity contribution in [1.29, 1.82) is 0 Å². The van der Waals surface area contributed by atoms with Crippen molar-refractivity contribution in [1.82, 2.24) is 0 Å². The number of nitrogens with two attached hydrogens (primary N) is 1. The lowest BCUT2D eigenvalue weighted by molar-refractivity contribution is 0.302. The second-order valence-electron chi connectivity index (χ2n) is 3.86. The Morgan fingerprint density at radius 2 is 2.17 bits per heavy atom. The van der Waals surface area contributed by atoms with Gasteiger partial charge in [0, 0.05) is 5.56 Å². The molecular formula is C13H13BrFNO2. The van der Waals surface area contributed by atoms with Crippen molar-refractivity contribution in [2.24, 2.45) is 5.73 Å². The van der Waals surface area contributed by atoms with E-state index in [0.29, 0.717) is 23.4 Å². The molecule has 0 saturated heterocycles. The van der Waals surface area contributed by atoms with Crippen molar-refractivity contribution < 1.29 is 13.5 Å². The lowest BCUT2D eigenvalue weighted by Gasteiger charge is -2.05. The maximum absolute atomic E-state index is 13.0. The molecule has 0 spiro atoms. The predicted molar refractivity (Wildman–Crippen MR) is 69.8 cm³/mol. The Balaban J connectivity index is 2.06. The molecule has 0 aliphatic rings. The number of benzene rings is 1. The van der Waals surface area contributed by atoms with Crippen LogP contribution in [0.15, 0.2) is 33.2 Å². The Bertz CT molecular complexity index is 554. The molecule has 2 N–H and O–H groups in total. The fourth-order valence-corrected chi connectivity index (χ4v) is 1.92. The van der Waals surface area contributed by atoms with Gasteiger partial charge in [-0.25, -0.2) is 4.39 Å². The molecule has 0 fully saturated rings. The summed E-state index contributed by atoms with van der Waals surface area (Å²) in [6.45, 7) is 2.59. The zero-order valence-electron chi connectivity index (χ0n) is 9.87. The number of ether oxygens (including phenoxy) is 1. The average Bonchev–Trinajstić information content (AvgIpc) is 2.72. The lowest BCUT2D eigenvalue weighted by atomic mass is 10.2. The highest BCUT2D eigenvalue weighted by Crippen LogP contribution is 2.23. The molecule has 0 amide bonds. The van der Waals surface area contributed by atoms with Crippen LogP contribution in [0.3, 0.4) is 0 Å². The molecule has 5 heteroatoms. The molecule has 0 unspecified atom stereocenters. The monoisotopic (exact) mass is 313 g/mol. The maximum atomic E-state index is 13.0. The summed E-state index contributed by atoms with van der Waals surface area (Å²) in [5, 5.41) is 0. The highest BCUT2D eigenvalue weighted by atomic mass is 79.9. The summed E-state index contributed by atoms with van der Waals surface area (Å²) in [5.41, 5.74) is 6.43. The molecule has 2 rings (SSSR count). The van der Waals surface area contributed by atoms with E-state index in [-0.39, 0.29) is 5.82 Å². The van der Waals surface area contributed by atoms with Crippen LogP contribution in [0.2, 0.25) is 0 Å². The van der Waals surface area contributed by atoms with Gasteiger partial charge in [0.2, 0.25) is 0 Å². The highest BCUT2D eigenvalue weighted by Gasteiger charge is 2.08. The third kappa shape index (κ3) is 2.91. The number of hydrogen-bond acceptors (Lipinski definition) is 3. The van der Waals surface area contributed by atoms with E-state index < -0.39 is 0 Å². The van der Waals surface area contributed by atoms with Gasteiger partial charge in [0.25, 0.3) is 0 Å². The van der Waals surface area contributed by atoms with Crippen molar-refractivity contribution >= 4 is 15.9 Å². The van der Waals surface area contributed by atoms with Gasteiger partial charge in [0.1, 0.15) is 29.7 Å². The van der Waals surface area contributed by atoms with Gasteiger partial charge in [-0.05, 0) is 47.1 Å². The van der Waals surface area contributed by atoms with Crippen molar-refractivity contribution in [3.8, 4) is 5.75 Å². The summed E-state index contributed by atoms with van der Waals surface area (Å²) in [7, 11) is 0. The Labute approximate surface area is 113 Å². The van der Waals surface area contributed by atoms with Crippen molar-refractivity contribution in [3.05, 3.63) is 51.6 Å². The zero-order chi connectivity index (χ0) is 13.1. The first kappa shape index (κ1) is 13.1. The number of hydrogen-bond donors (Lipinski definition) is 1. The van der Waals surface area contributed by atoms with Crippen LogP contribution in [0.5, 0.6) is 5.75 Å². The number of furan rings is 1. The summed E-state index contributed by atoms with van der Waals surface area (Å²) in [4.78, 5) is 0. The van der Waals surface area contributed by atoms with Gasteiger partial charge in [0.15, 0.2) is 0 Å². The molecule has 3 nitrogen and oxygen atoms in total. The zero-order valence-corrected chi connectivity index (χ0v) is 11.5. The molecular weight excluding hydrogens is 301 g/mol. The molecule has 0 bridgehead atoms. The van der Waals surface area contributed by atoms with Gasteiger partial charge >= 0.3 is 0 Å². The Morgan fingerprint density at radius 3 is 2.78 bits per heavy atom. The molecule has 1 aromatic carbocycles. The van der Waals surface area contributed by atoms with E-state index in [1.807, 2.05) is 13.0 Å². The summed E-state index contributed by atoms with van der Waals surface area (Å²) in [5.74, 6) is 1.80. The predicted octanol–water partition coefficient (Wildman–Crippen LogP) is 3.53. The molecule has 0 radical (unpaired) electrons. The average molecular weight is 314 g/mol. The first-order valence-electron chi connectivity index (χ1n) is 5.46. The third-order valence-electron chi connectivity index (χ3n) is 2.56. The van der Waals surface area contributed by atoms with Crippen LogP contribution in [-0.4, -0.2) is 0 Å². The van der Waals surface area contributed by atoms with Crippen LogP contribution in [0, 0.1) is 12.7 Å². The first-order chi connectivity index (χ1) is 8.60. The summed E-state index contributed by atoms with van der Waals surface area (Å²) in [6, 6.07) is 6.40. The van der Waals surface area contributed by atoms with Gasteiger partial charge in [-0.15, -0.1) is 0 Å². The quantitative estimate of drug-likeness (QED) is 0.939. The molecule has 0 aliphatic carbocycles. The lowest BCUT2D eigenvalue weighted by Crippen LogP contribution is -1.96. The third-order valence-corrected chi connectivity index (χ3v) is 3.17. The van der Waals surface area contributed by atoms with Gasteiger partial charge in [-0.3, -0.25) is 0 Å². The Kier molecular flexibility index (Phi) is 4.04. The van der Waals surface area contributed by atoms with Gasteiger partial charge in [0.05, 0.1) is 11.0 Å². The van der Waals surface area contributed by atoms with E-state index >= 15 is 0 Å². The molecule has 2 aromatic rings. The van der Waals surface area contributed by atoms with Gasteiger partial charge in [-0.2, -0.15) is 0 Å². The number of halogens is 2. The Hall–Kier alpha value is -1.33. The SMILES string of the molecule is Cc1oc(CN)cc1COc1ccc(F)c(Br)c1. The fraction of sp³-hybridized carbons (Fsp3) is 0.231. The van der Waals surface area contributed by atoms with Crippen molar-refractivity contribution in [2.45, 2.75) is 20.1 Å². The van der Waals surface area contributed by atoms with E-state index in [9.17, 15) is 4.39 Å². The van der Waals surface area contributed by atoms with E-state index in [1.54, 1.807) is 12.1 Å². The molecule has 1 aromatic heterocycles. The second-order valence-corrected chi connectivity index (χ2v) is 4.72. The van der Waals surface area contributed by atoms with Crippen LogP contribution in [0.25, 0.3) is 0 Å². The standard InChI is InChI=1S/C13H13BrFNO2/c1-8-9(4-11(6-16)18-8)7-17-10-2-3-13(15)12(14)5-10/h2-5H,6-7,16H2,1H3. The minimum absolute atomic E-state index is 0.313. The normalized spacial score (nSPS) is 10.7. The fourth-order valence-electron chi connectivity index (χ4n) is 1.56. The minimum Gasteiger partial charge on any atom is -0.489 e. The van der Waals surface area contributed by atoms with E-state index in [0.717, 1.165) is 17.1 Å². The summed E-state index contributed by atoms with van der Waals surface area (Å²) in [6.07, 6.45) is 0. The molecule has 0 saturated carbocycles. The van der Waals surface area contributed by atoms with Crippen LogP contribution in [-0.2, 0) is 13.2 Å². The van der Waals surface area contributed by atoms with Crippen LogP contribution in [0.1, 0.15) is 17.1 Å². The molecule has 0 aliphatic heterocycles. The molecule has 96 valence electrons. The smallest absolute Gasteiger partial charge is 0.137 e. The minimum atomic E-state index is -0.313.